The van der Waals surface area contributed by atoms with Crippen LogP contribution in [-0.2, 0) is 6.42 Å². The number of allylic oxidation sites excluding steroid dienone is 1. The van der Waals surface area contributed by atoms with Crippen LogP contribution >= 0.6 is 0 Å². The number of nitro benzene ring substituents is 1. The summed E-state index contributed by atoms with van der Waals surface area (Å²) in [5, 5.41) is 19.2. The van der Waals surface area contributed by atoms with Crippen molar-refractivity contribution in [3.8, 4) is 0 Å². The first-order chi connectivity index (χ1) is 7.09. The molecule has 1 aromatic carbocycles. The first-order valence-corrected chi connectivity index (χ1v) is 4.69. The van der Waals surface area contributed by atoms with Gasteiger partial charge in [0.15, 0.2) is 0 Å². The predicted molar refractivity (Wildman–Crippen MR) is 57.8 cm³/mol. The number of hydrogen-bond donors (Lipinski definition) is 1. The minimum atomic E-state index is -0.417. The van der Waals surface area contributed by atoms with Gasteiger partial charge in [0.05, 0.1) is 10.7 Å². The van der Waals surface area contributed by atoms with E-state index in [1.54, 1.807) is 12.1 Å². The van der Waals surface area contributed by atoms with Gasteiger partial charge >= 0.3 is 0 Å². The van der Waals surface area contributed by atoms with E-state index in [4.69, 9.17) is 5.11 Å². The van der Waals surface area contributed by atoms with Gasteiger partial charge in [-0.1, -0.05) is 18.7 Å². The lowest BCUT2D eigenvalue weighted by Crippen LogP contribution is -1.90. The summed E-state index contributed by atoms with van der Waals surface area (Å²) in [7, 11) is 0. The van der Waals surface area contributed by atoms with Crippen LogP contribution in [-0.4, -0.2) is 10.0 Å². The smallest absolute Gasteiger partial charge is 0.269 e. The highest BCUT2D eigenvalue weighted by molar-refractivity contribution is 5.32. The molecule has 0 aliphatic rings. The van der Waals surface area contributed by atoms with Gasteiger partial charge in [-0.2, -0.15) is 0 Å². The fourth-order valence-electron chi connectivity index (χ4n) is 1.28. The number of non-ortho nitro benzene ring substituents is 1. The van der Waals surface area contributed by atoms with Crippen molar-refractivity contribution in [2.45, 2.75) is 19.3 Å². The third-order valence-corrected chi connectivity index (χ3v) is 2.08. The van der Waals surface area contributed by atoms with E-state index in [1.165, 1.54) is 12.1 Å². The largest absolute Gasteiger partial charge is 0.513 e. The lowest BCUT2D eigenvalue weighted by Gasteiger charge is -2.00. The van der Waals surface area contributed by atoms with E-state index in [1.807, 2.05) is 0 Å². The van der Waals surface area contributed by atoms with Crippen molar-refractivity contribution in [1.82, 2.24) is 0 Å². The van der Waals surface area contributed by atoms with Gasteiger partial charge in [-0.15, -0.1) is 0 Å². The van der Waals surface area contributed by atoms with Crippen LogP contribution in [0.25, 0.3) is 0 Å². The molecule has 0 saturated carbocycles. The summed E-state index contributed by atoms with van der Waals surface area (Å²) in [6.07, 6.45) is 2.15. The Labute approximate surface area is 88.0 Å². The van der Waals surface area contributed by atoms with E-state index >= 15 is 0 Å². The fourth-order valence-corrected chi connectivity index (χ4v) is 1.28. The molecule has 0 amide bonds. The maximum Gasteiger partial charge on any atom is 0.269 e. The maximum absolute atomic E-state index is 10.4. The molecule has 0 heterocycles. The zero-order chi connectivity index (χ0) is 11.3. The summed E-state index contributed by atoms with van der Waals surface area (Å²) in [4.78, 5) is 9.96. The molecule has 0 atom stereocenters. The van der Waals surface area contributed by atoms with Crippen LogP contribution in [0.1, 0.15) is 18.4 Å². The summed E-state index contributed by atoms with van der Waals surface area (Å²) in [5.74, 6) is 0.178. The molecule has 0 aliphatic heterocycles. The van der Waals surface area contributed by atoms with Crippen molar-refractivity contribution in [2.24, 2.45) is 0 Å². The number of aliphatic hydroxyl groups excluding tert-OH is 1. The van der Waals surface area contributed by atoms with Crippen LogP contribution in [0.4, 0.5) is 5.69 Å². The van der Waals surface area contributed by atoms with Crippen LogP contribution in [0.2, 0.25) is 0 Å². The molecule has 0 fully saturated rings. The Kier molecular flexibility index (Phi) is 3.85. The van der Waals surface area contributed by atoms with Crippen LogP contribution in [0.3, 0.4) is 0 Å². The maximum atomic E-state index is 10.4. The molecule has 0 saturated heterocycles. The van der Waals surface area contributed by atoms with Gasteiger partial charge in [0.25, 0.3) is 5.69 Å². The first kappa shape index (κ1) is 11.2. The molecule has 15 heavy (non-hydrogen) atoms. The van der Waals surface area contributed by atoms with Gasteiger partial charge in [-0.3, -0.25) is 10.1 Å². The van der Waals surface area contributed by atoms with Gasteiger partial charge in [0.1, 0.15) is 0 Å². The van der Waals surface area contributed by atoms with Gasteiger partial charge in [0.2, 0.25) is 0 Å². The van der Waals surface area contributed by atoms with Crippen LogP contribution < -0.4 is 0 Å². The SMILES string of the molecule is C=C(O)CCCc1ccc([N+](=O)[O-])cc1. The molecule has 0 aromatic heterocycles. The quantitative estimate of drug-likeness (QED) is 0.458. The van der Waals surface area contributed by atoms with Gasteiger partial charge in [-0.05, 0) is 18.4 Å². The van der Waals surface area contributed by atoms with Gasteiger partial charge in [-0.25, -0.2) is 0 Å². The summed E-state index contributed by atoms with van der Waals surface area (Å²) in [6, 6.07) is 6.45. The van der Waals surface area contributed by atoms with Gasteiger partial charge < -0.3 is 5.11 Å². The van der Waals surface area contributed by atoms with E-state index in [0.29, 0.717) is 6.42 Å². The number of hydrogen-bond acceptors (Lipinski definition) is 3. The minimum Gasteiger partial charge on any atom is -0.513 e. The van der Waals surface area contributed by atoms with E-state index in [2.05, 4.69) is 6.58 Å². The Morgan fingerprint density at radius 3 is 2.47 bits per heavy atom. The van der Waals surface area contributed by atoms with Crippen molar-refractivity contribution in [3.63, 3.8) is 0 Å². The monoisotopic (exact) mass is 207 g/mol. The normalized spacial score (nSPS) is 9.87. The Hall–Kier alpha value is -1.84. The molecule has 80 valence electrons. The molecule has 1 rings (SSSR count). The highest BCUT2D eigenvalue weighted by Crippen LogP contribution is 2.14. The van der Waals surface area contributed by atoms with E-state index in [0.717, 1.165) is 18.4 Å². The molecular formula is C11H13NO3. The molecule has 0 bridgehead atoms. The minimum absolute atomic E-state index is 0.102. The molecule has 1 N–H and O–H groups in total. The van der Waals surface area contributed by atoms with Crippen molar-refractivity contribution in [3.05, 3.63) is 52.3 Å². The number of nitrogens with zero attached hydrogens (tertiary/aromatic N) is 1. The third-order valence-electron chi connectivity index (χ3n) is 2.08. The Morgan fingerprint density at radius 2 is 2.00 bits per heavy atom. The lowest BCUT2D eigenvalue weighted by atomic mass is 10.1. The van der Waals surface area contributed by atoms with E-state index in [-0.39, 0.29) is 11.4 Å². The summed E-state index contributed by atoms with van der Waals surface area (Å²) < 4.78 is 0. The fraction of sp³-hybridized carbons (Fsp3) is 0.273. The lowest BCUT2D eigenvalue weighted by molar-refractivity contribution is -0.384. The Bertz CT molecular complexity index is 357. The molecule has 0 radical (unpaired) electrons. The zero-order valence-corrected chi connectivity index (χ0v) is 8.35. The Morgan fingerprint density at radius 1 is 1.40 bits per heavy atom. The van der Waals surface area contributed by atoms with Crippen LogP contribution in [0.15, 0.2) is 36.6 Å². The number of aryl methyl sites for hydroxylation is 1. The highest BCUT2D eigenvalue weighted by Gasteiger charge is 2.03. The summed E-state index contributed by atoms with van der Waals surface area (Å²) in [6.45, 7) is 3.39. The summed E-state index contributed by atoms with van der Waals surface area (Å²) >= 11 is 0. The molecular weight excluding hydrogens is 194 g/mol. The van der Waals surface area contributed by atoms with Crippen LogP contribution in [0.5, 0.6) is 0 Å². The number of rotatable bonds is 5. The number of aliphatic hydroxyl groups is 1. The van der Waals surface area contributed by atoms with E-state index < -0.39 is 4.92 Å². The van der Waals surface area contributed by atoms with E-state index in [9.17, 15) is 10.1 Å². The second kappa shape index (κ2) is 5.14. The van der Waals surface area contributed by atoms with Crippen molar-refractivity contribution < 1.29 is 10.0 Å². The van der Waals surface area contributed by atoms with Crippen molar-refractivity contribution in [2.75, 3.05) is 0 Å². The molecule has 0 aliphatic carbocycles. The van der Waals surface area contributed by atoms with Crippen molar-refractivity contribution in [1.29, 1.82) is 0 Å². The standard InChI is InChI=1S/C11H13NO3/c1-9(13)3-2-4-10-5-7-11(8-6-10)12(14)15/h5-8,13H,1-4H2. The predicted octanol–water partition coefficient (Wildman–Crippen LogP) is 2.99. The number of benzene rings is 1. The first-order valence-electron chi connectivity index (χ1n) is 4.69. The second-order valence-corrected chi connectivity index (χ2v) is 3.34. The molecule has 4 heteroatoms. The zero-order valence-electron chi connectivity index (χ0n) is 8.35. The van der Waals surface area contributed by atoms with Crippen molar-refractivity contribution >= 4 is 5.69 Å². The third kappa shape index (κ3) is 3.81. The average molecular weight is 207 g/mol. The highest BCUT2D eigenvalue weighted by atomic mass is 16.6. The molecule has 0 unspecified atom stereocenters. The topological polar surface area (TPSA) is 63.4 Å². The Balaban J connectivity index is 2.50. The molecule has 4 nitrogen and oxygen atoms in total. The summed E-state index contributed by atoms with van der Waals surface area (Å²) in [5.41, 5.74) is 1.13. The van der Waals surface area contributed by atoms with Gasteiger partial charge in [0, 0.05) is 18.6 Å². The average Bonchev–Trinajstić information content (AvgIpc) is 2.18. The number of nitro groups is 1. The molecule has 1 aromatic rings. The molecule has 0 spiro atoms. The van der Waals surface area contributed by atoms with Crippen LogP contribution in [0, 0.1) is 10.1 Å². The second-order valence-electron chi connectivity index (χ2n) is 3.34.